The standard InChI is InChI=1S/C22H25N3O4/c1-15-19(12-13-28-15)22(26)25(17-6-4-3-5-7-17)14-20-23-21(24-29-20)16-8-10-18(27-2)11-9-16/h8-13,17H,3-7,14H2,1-2H3. The molecule has 0 aliphatic heterocycles. The van der Waals surface area contributed by atoms with Gasteiger partial charge in [0.05, 0.1) is 18.9 Å². The van der Waals surface area contributed by atoms with Crippen LogP contribution in [0.5, 0.6) is 5.75 Å². The van der Waals surface area contributed by atoms with Gasteiger partial charge in [0.25, 0.3) is 5.91 Å². The molecule has 152 valence electrons. The van der Waals surface area contributed by atoms with Crippen LogP contribution in [0.1, 0.15) is 54.1 Å². The monoisotopic (exact) mass is 395 g/mol. The average molecular weight is 395 g/mol. The molecule has 1 saturated carbocycles. The predicted molar refractivity (Wildman–Crippen MR) is 106 cm³/mol. The number of rotatable bonds is 6. The first-order valence-corrected chi connectivity index (χ1v) is 9.98. The highest BCUT2D eigenvalue weighted by molar-refractivity contribution is 5.95. The summed E-state index contributed by atoms with van der Waals surface area (Å²) in [5.74, 6) is 2.27. The van der Waals surface area contributed by atoms with E-state index in [2.05, 4.69) is 10.1 Å². The zero-order valence-electron chi connectivity index (χ0n) is 16.8. The third-order valence-corrected chi connectivity index (χ3v) is 5.49. The van der Waals surface area contributed by atoms with Crippen LogP contribution in [-0.2, 0) is 6.54 Å². The second kappa shape index (κ2) is 8.51. The van der Waals surface area contributed by atoms with E-state index in [1.54, 1.807) is 26.4 Å². The summed E-state index contributed by atoms with van der Waals surface area (Å²) in [6, 6.07) is 9.36. The number of furan rings is 1. The molecular formula is C22H25N3O4. The van der Waals surface area contributed by atoms with Crippen LogP contribution < -0.4 is 4.74 Å². The highest BCUT2D eigenvalue weighted by Gasteiger charge is 2.29. The summed E-state index contributed by atoms with van der Waals surface area (Å²) in [7, 11) is 1.63. The molecule has 7 nitrogen and oxygen atoms in total. The second-order valence-corrected chi connectivity index (χ2v) is 7.36. The minimum atomic E-state index is -0.0488. The Morgan fingerprint density at radius 3 is 2.59 bits per heavy atom. The van der Waals surface area contributed by atoms with Crippen molar-refractivity contribution in [3.8, 4) is 17.1 Å². The number of aromatic nitrogens is 2. The van der Waals surface area contributed by atoms with Crippen LogP contribution >= 0.6 is 0 Å². The van der Waals surface area contributed by atoms with Crippen LogP contribution in [0.4, 0.5) is 0 Å². The number of carbonyl (C=O) groups is 1. The number of hydrogen-bond acceptors (Lipinski definition) is 6. The van der Waals surface area contributed by atoms with Gasteiger partial charge >= 0.3 is 0 Å². The largest absolute Gasteiger partial charge is 0.497 e. The summed E-state index contributed by atoms with van der Waals surface area (Å²) in [6.45, 7) is 2.10. The lowest BCUT2D eigenvalue weighted by Crippen LogP contribution is -2.41. The minimum Gasteiger partial charge on any atom is -0.497 e. The van der Waals surface area contributed by atoms with Crippen LogP contribution in [0.3, 0.4) is 0 Å². The molecule has 0 saturated heterocycles. The van der Waals surface area contributed by atoms with Gasteiger partial charge in [-0.3, -0.25) is 4.79 Å². The Labute approximate surface area is 169 Å². The van der Waals surface area contributed by atoms with E-state index in [1.807, 2.05) is 29.2 Å². The third kappa shape index (κ3) is 4.18. The van der Waals surface area contributed by atoms with Crippen LogP contribution in [0, 0.1) is 6.92 Å². The zero-order valence-corrected chi connectivity index (χ0v) is 16.8. The molecule has 1 aromatic carbocycles. The molecule has 1 aliphatic rings. The minimum absolute atomic E-state index is 0.0488. The molecule has 0 spiro atoms. The molecule has 1 aliphatic carbocycles. The number of carbonyl (C=O) groups excluding carboxylic acids is 1. The first-order valence-electron chi connectivity index (χ1n) is 9.98. The van der Waals surface area contributed by atoms with Crippen molar-refractivity contribution in [2.75, 3.05) is 7.11 Å². The fourth-order valence-electron chi connectivity index (χ4n) is 3.84. The lowest BCUT2D eigenvalue weighted by Gasteiger charge is -2.33. The lowest BCUT2D eigenvalue weighted by atomic mass is 9.93. The Morgan fingerprint density at radius 2 is 1.93 bits per heavy atom. The van der Waals surface area contributed by atoms with Crippen LogP contribution in [0.15, 0.2) is 45.5 Å². The van der Waals surface area contributed by atoms with E-state index < -0.39 is 0 Å². The maximum absolute atomic E-state index is 13.2. The molecule has 0 N–H and O–H groups in total. The first kappa shape index (κ1) is 19.2. The topological polar surface area (TPSA) is 81.6 Å². The number of methoxy groups -OCH3 is 1. The smallest absolute Gasteiger partial charge is 0.258 e. The fraction of sp³-hybridized carbons (Fsp3) is 0.409. The van der Waals surface area contributed by atoms with Gasteiger partial charge in [-0.2, -0.15) is 4.98 Å². The maximum atomic E-state index is 13.2. The molecule has 2 heterocycles. The number of hydrogen-bond donors (Lipinski definition) is 0. The van der Waals surface area contributed by atoms with Crippen molar-refractivity contribution in [3.63, 3.8) is 0 Å². The van der Waals surface area contributed by atoms with E-state index >= 15 is 0 Å². The van der Waals surface area contributed by atoms with Crippen molar-refractivity contribution in [3.05, 3.63) is 53.8 Å². The highest BCUT2D eigenvalue weighted by atomic mass is 16.5. The molecule has 1 fully saturated rings. The predicted octanol–water partition coefficient (Wildman–Crippen LogP) is 4.62. The van der Waals surface area contributed by atoms with Gasteiger partial charge in [-0.1, -0.05) is 24.4 Å². The molecule has 0 atom stereocenters. The van der Waals surface area contributed by atoms with E-state index in [0.29, 0.717) is 23.0 Å². The molecule has 2 aromatic heterocycles. The van der Waals surface area contributed by atoms with Crippen molar-refractivity contribution < 1.29 is 18.5 Å². The van der Waals surface area contributed by atoms with Crippen molar-refractivity contribution in [1.29, 1.82) is 0 Å². The number of amides is 1. The van der Waals surface area contributed by atoms with E-state index in [1.165, 1.54) is 6.42 Å². The molecule has 1 amide bonds. The van der Waals surface area contributed by atoms with Crippen molar-refractivity contribution in [2.24, 2.45) is 0 Å². The van der Waals surface area contributed by atoms with Gasteiger partial charge in [-0.25, -0.2) is 0 Å². The molecule has 29 heavy (non-hydrogen) atoms. The van der Waals surface area contributed by atoms with Gasteiger partial charge < -0.3 is 18.6 Å². The Morgan fingerprint density at radius 1 is 1.17 bits per heavy atom. The summed E-state index contributed by atoms with van der Waals surface area (Å²) in [5.41, 5.74) is 1.42. The van der Waals surface area contributed by atoms with Crippen LogP contribution in [0.2, 0.25) is 0 Å². The van der Waals surface area contributed by atoms with Crippen molar-refractivity contribution >= 4 is 5.91 Å². The maximum Gasteiger partial charge on any atom is 0.258 e. The Balaban J connectivity index is 1.56. The van der Waals surface area contributed by atoms with E-state index in [4.69, 9.17) is 13.7 Å². The Bertz CT molecular complexity index is 955. The van der Waals surface area contributed by atoms with E-state index in [9.17, 15) is 4.79 Å². The SMILES string of the molecule is COc1ccc(-c2noc(CN(C(=O)c3ccoc3C)C3CCCCC3)n2)cc1. The summed E-state index contributed by atoms with van der Waals surface area (Å²) >= 11 is 0. The van der Waals surface area contributed by atoms with Gasteiger partial charge in [-0.15, -0.1) is 0 Å². The first-order chi connectivity index (χ1) is 14.2. The summed E-state index contributed by atoms with van der Waals surface area (Å²) in [4.78, 5) is 19.6. The molecular weight excluding hydrogens is 370 g/mol. The fourth-order valence-corrected chi connectivity index (χ4v) is 3.84. The molecule has 0 bridgehead atoms. The lowest BCUT2D eigenvalue weighted by molar-refractivity contribution is 0.0584. The summed E-state index contributed by atoms with van der Waals surface area (Å²) in [5, 5.41) is 4.10. The van der Waals surface area contributed by atoms with E-state index in [0.717, 1.165) is 37.0 Å². The van der Waals surface area contributed by atoms with Crippen molar-refractivity contribution in [2.45, 2.75) is 51.6 Å². The number of nitrogens with zero attached hydrogens (tertiary/aromatic N) is 3. The third-order valence-electron chi connectivity index (χ3n) is 5.49. The number of aryl methyl sites for hydroxylation is 1. The van der Waals surface area contributed by atoms with Gasteiger partial charge in [0.1, 0.15) is 18.1 Å². The van der Waals surface area contributed by atoms with Crippen LogP contribution in [0.25, 0.3) is 11.4 Å². The molecule has 0 radical (unpaired) electrons. The summed E-state index contributed by atoms with van der Waals surface area (Å²) in [6.07, 6.45) is 6.99. The highest BCUT2D eigenvalue weighted by Crippen LogP contribution is 2.27. The summed E-state index contributed by atoms with van der Waals surface area (Å²) < 4.78 is 16.0. The van der Waals surface area contributed by atoms with Gasteiger partial charge in [-0.05, 0) is 50.1 Å². The molecule has 7 heteroatoms. The van der Waals surface area contributed by atoms with E-state index in [-0.39, 0.29) is 18.5 Å². The van der Waals surface area contributed by atoms with Gasteiger partial charge in [0.2, 0.25) is 11.7 Å². The molecule has 3 aromatic rings. The average Bonchev–Trinajstić information content (AvgIpc) is 3.41. The normalized spacial score (nSPS) is 14.7. The van der Waals surface area contributed by atoms with Crippen LogP contribution in [-0.4, -0.2) is 34.1 Å². The quantitative estimate of drug-likeness (QED) is 0.606. The Kier molecular flexibility index (Phi) is 5.64. The second-order valence-electron chi connectivity index (χ2n) is 7.36. The molecule has 4 rings (SSSR count). The number of benzene rings is 1. The number of ether oxygens (including phenoxy) is 1. The zero-order chi connectivity index (χ0) is 20.2. The molecule has 0 unspecified atom stereocenters. The van der Waals surface area contributed by atoms with Crippen molar-refractivity contribution in [1.82, 2.24) is 15.0 Å². The van der Waals surface area contributed by atoms with Gasteiger partial charge in [0, 0.05) is 11.6 Å². The Hall–Kier alpha value is -3.09. The van der Waals surface area contributed by atoms with Gasteiger partial charge in [0.15, 0.2) is 0 Å².